The van der Waals surface area contributed by atoms with Gasteiger partial charge in [-0.15, -0.1) is 11.3 Å². The Hall–Kier alpha value is -0.700. The van der Waals surface area contributed by atoms with Crippen molar-refractivity contribution in [1.29, 1.82) is 0 Å². The number of hydrogen-bond donors (Lipinski definition) is 1. The van der Waals surface area contributed by atoms with Crippen molar-refractivity contribution in [2.75, 3.05) is 11.5 Å². The highest BCUT2D eigenvalue weighted by atomic mass is 32.2. The van der Waals surface area contributed by atoms with Crippen molar-refractivity contribution in [3.05, 3.63) is 16.8 Å². The normalized spacial score (nSPS) is 29.7. The molecule has 0 aromatic carbocycles. The third kappa shape index (κ3) is 2.90. The molecule has 1 fully saturated rings. The van der Waals surface area contributed by atoms with Crippen LogP contribution in [0.15, 0.2) is 11.4 Å². The van der Waals surface area contributed by atoms with Gasteiger partial charge in [0.1, 0.15) is 16.2 Å². The Morgan fingerprint density at radius 1 is 1.35 bits per heavy atom. The fourth-order valence-corrected chi connectivity index (χ4v) is 8.42. The molecular formula is C15H18N2O3S3. The minimum Gasteiger partial charge on any atom is -0.391 e. The smallest absolute Gasteiger partial charge is 0.154 e. The highest BCUT2D eigenvalue weighted by Crippen LogP contribution is 2.42. The summed E-state index contributed by atoms with van der Waals surface area (Å²) in [6, 6.07) is 0. The third-order valence-corrected chi connectivity index (χ3v) is 9.00. The third-order valence-electron chi connectivity index (χ3n) is 4.59. The first-order valence-corrected chi connectivity index (χ1v) is 11.2. The molecule has 0 unspecified atom stereocenters. The summed E-state index contributed by atoms with van der Waals surface area (Å²) in [5.41, 5.74) is 1.33. The topological polar surface area (TPSA) is 80.2 Å². The molecular weight excluding hydrogens is 352 g/mol. The standard InChI is InChI=1S/C15H18N2O3S3/c1-8-2-3-9-11(4-8)21-14-13(9)15(17-7-16-14)22-12-6-23(19,20)5-10(12)18/h7-8,10,12,18H,2-6H2,1H3/t8-,10-,12-/m0/s1. The fraction of sp³-hybridized carbons (Fsp3) is 0.600. The molecule has 4 rings (SSSR count). The lowest BCUT2D eigenvalue weighted by Crippen LogP contribution is -2.20. The van der Waals surface area contributed by atoms with Crippen LogP contribution in [-0.2, 0) is 22.7 Å². The van der Waals surface area contributed by atoms with Crippen LogP contribution < -0.4 is 0 Å². The summed E-state index contributed by atoms with van der Waals surface area (Å²) < 4.78 is 23.4. The van der Waals surface area contributed by atoms with E-state index >= 15 is 0 Å². The average Bonchev–Trinajstić information content (AvgIpc) is 2.95. The van der Waals surface area contributed by atoms with Crippen LogP contribution in [0.1, 0.15) is 23.8 Å². The van der Waals surface area contributed by atoms with E-state index in [1.165, 1.54) is 22.2 Å². The second-order valence-corrected chi connectivity index (χ2v) is 11.0. The Bertz CT molecular complexity index is 862. The predicted octanol–water partition coefficient (Wildman–Crippen LogP) is 2.07. The molecule has 1 saturated heterocycles. The summed E-state index contributed by atoms with van der Waals surface area (Å²) in [7, 11) is -3.14. The number of thiophene rings is 1. The first kappa shape index (κ1) is 15.8. The molecule has 0 spiro atoms. The van der Waals surface area contributed by atoms with Crippen LogP contribution in [0.2, 0.25) is 0 Å². The number of thioether (sulfide) groups is 1. The van der Waals surface area contributed by atoms with Crippen LogP contribution in [0, 0.1) is 5.92 Å². The van der Waals surface area contributed by atoms with E-state index in [-0.39, 0.29) is 16.8 Å². The maximum absolute atomic E-state index is 11.7. The maximum atomic E-state index is 11.7. The van der Waals surface area contributed by atoms with Crippen molar-refractivity contribution < 1.29 is 13.5 Å². The highest BCUT2D eigenvalue weighted by Gasteiger charge is 2.38. The van der Waals surface area contributed by atoms with Gasteiger partial charge >= 0.3 is 0 Å². The molecule has 124 valence electrons. The molecule has 8 heteroatoms. The second-order valence-electron chi connectivity index (χ2n) is 6.51. The van der Waals surface area contributed by atoms with E-state index in [9.17, 15) is 13.5 Å². The van der Waals surface area contributed by atoms with Gasteiger partial charge < -0.3 is 5.11 Å². The first-order chi connectivity index (χ1) is 10.9. The van der Waals surface area contributed by atoms with E-state index in [0.29, 0.717) is 5.92 Å². The highest BCUT2D eigenvalue weighted by molar-refractivity contribution is 8.02. The van der Waals surface area contributed by atoms with Crippen LogP contribution in [0.4, 0.5) is 0 Å². The van der Waals surface area contributed by atoms with E-state index < -0.39 is 15.9 Å². The Labute approximate surface area is 143 Å². The quantitative estimate of drug-likeness (QED) is 0.815. The summed E-state index contributed by atoms with van der Waals surface area (Å²) in [4.78, 5) is 11.2. The number of sulfone groups is 1. The molecule has 2 aromatic rings. The van der Waals surface area contributed by atoms with Crippen molar-refractivity contribution >= 4 is 43.2 Å². The van der Waals surface area contributed by atoms with Gasteiger partial charge in [-0.2, -0.15) is 0 Å². The van der Waals surface area contributed by atoms with Gasteiger partial charge in [0.2, 0.25) is 0 Å². The van der Waals surface area contributed by atoms with E-state index in [2.05, 4.69) is 16.9 Å². The average molecular weight is 371 g/mol. The molecule has 23 heavy (non-hydrogen) atoms. The lowest BCUT2D eigenvalue weighted by Gasteiger charge is -2.18. The molecule has 3 atom stereocenters. The zero-order valence-electron chi connectivity index (χ0n) is 12.7. The monoisotopic (exact) mass is 370 g/mol. The predicted molar refractivity (Wildman–Crippen MR) is 92.9 cm³/mol. The Balaban J connectivity index is 1.73. The number of rotatable bonds is 2. The van der Waals surface area contributed by atoms with Crippen LogP contribution in [0.3, 0.4) is 0 Å². The van der Waals surface area contributed by atoms with Gasteiger partial charge in [-0.1, -0.05) is 18.7 Å². The van der Waals surface area contributed by atoms with Crippen molar-refractivity contribution in [3.63, 3.8) is 0 Å². The molecule has 2 aliphatic rings. The van der Waals surface area contributed by atoms with Crippen LogP contribution in [-0.4, -0.2) is 46.4 Å². The summed E-state index contributed by atoms with van der Waals surface area (Å²) in [6.45, 7) is 2.27. The Morgan fingerprint density at radius 2 is 2.17 bits per heavy atom. The Kier molecular flexibility index (Phi) is 3.91. The first-order valence-electron chi connectivity index (χ1n) is 7.73. The largest absolute Gasteiger partial charge is 0.391 e. The van der Waals surface area contributed by atoms with Gasteiger partial charge in [0.15, 0.2) is 9.84 Å². The minimum absolute atomic E-state index is 0.0215. The van der Waals surface area contributed by atoms with E-state index in [1.54, 1.807) is 17.7 Å². The Morgan fingerprint density at radius 3 is 2.91 bits per heavy atom. The van der Waals surface area contributed by atoms with Gasteiger partial charge in [-0.25, -0.2) is 18.4 Å². The summed E-state index contributed by atoms with van der Waals surface area (Å²) in [6.07, 6.45) is 4.01. The number of aromatic nitrogens is 2. The summed E-state index contributed by atoms with van der Waals surface area (Å²) >= 11 is 3.13. The summed E-state index contributed by atoms with van der Waals surface area (Å²) in [5, 5.41) is 11.6. The summed E-state index contributed by atoms with van der Waals surface area (Å²) in [5.74, 6) is 0.577. The van der Waals surface area contributed by atoms with Crippen molar-refractivity contribution in [1.82, 2.24) is 9.97 Å². The molecule has 1 N–H and O–H groups in total. The maximum Gasteiger partial charge on any atom is 0.154 e. The van der Waals surface area contributed by atoms with Gasteiger partial charge in [0.25, 0.3) is 0 Å². The lowest BCUT2D eigenvalue weighted by molar-refractivity contribution is 0.207. The van der Waals surface area contributed by atoms with Gasteiger partial charge in [-0.05, 0) is 30.7 Å². The molecule has 0 amide bonds. The van der Waals surface area contributed by atoms with Gasteiger partial charge in [0, 0.05) is 10.3 Å². The van der Waals surface area contributed by atoms with Crippen molar-refractivity contribution in [2.45, 2.75) is 42.6 Å². The molecule has 0 saturated carbocycles. The van der Waals surface area contributed by atoms with E-state index in [4.69, 9.17) is 0 Å². The van der Waals surface area contributed by atoms with E-state index in [0.717, 1.165) is 34.5 Å². The van der Waals surface area contributed by atoms with Crippen LogP contribution >= 0.6 is 23.1 Å². The zero-order valence-corrected chi connectivity index (χ0v) is 15.2. The lowest BCUT2D eigenvalue weighted by atomic mass is 9.89. The molecule has 0 bridgehead atoms. The molecule has 1 aliphatic heterocycles. The van der Waals surface area contributed by atoms with Crippen LogP contribution in [0.5, 0.6) is 0 Å². The fourth-order valence-electron chi connectivity index (χ4n) is 3.39. The number of aliphatic hydroxyl groups excluding tert-OH is 1. The SMILES string of the molecule is C[C@H]1CCc2c(sc3ncnc(S[C@H]4CS(=O)(=O)C[C@@H]4O)c23)C1. The second kappa shape index (κ2) is 5.68. The van der Waals surface area contributed by atoms with E-state index in [1.807, 2.05) is 0 Å². The number of nitrogens with zero attached hydrogens (tertiary/aromatic N) is 2. The number of fused-ring (bicyclic) bond motifs is 3. The number of aliphatic hydroxyl groups is 1. The van der Waals surface area contributed by atoms with Crippen molar-refractivity contribution in [2.24, 2.45) is 5.92 Å². The molecule has 2 aromatic heterocycles. The molecule has 1 aliphatic carbocycles. The molecule has 5 nitrogen and oxygen atoms in total. The van der Waals surface area contributed by atoms with Gasteiger partial charge in [-0.3, -0.25) is 0 Å². The number of aryl methyl sites for hydroxylation is 1. The molecule has 3 heterocycles. The van der Waals surface area contributed by atoms with Crippen molar-refractivity contribution in [3.8, 4) is 0 Å². The van der Waals surface area contributed by atoms with Crippen LogP contribution in [0.25, 0.3) is 10.2 Å². The van der Waals surface area contributed by atoms with Gasteiger partial charge in [0.05, 0.1) is 22.9 Å². The zero-order chi connectivity index (χ0) is 16.2. The molecule has 0 radical (unpaired) electrons. The number of hydrogen-bond acceptors (Lipinski definition) is 7. The minimum atomic E-state index is -3.14.